The summed E-state index contributed by atoms with van der Waals surface area (Å²) in [5.74, 6) is 0.666. The Balaban J connectivity index is 2.40. The van der Waals surface area contributed by atoms with Crippen LogP contribution in [0.4, 0.5) is 0 Å². The zero-order valence-corrected chi connectivity index (χ0v) is 12.0. The van der Waals surface area contributed by atoms with E-state index in [0.717, 1.165) is 26.2 Å². The lowest BCUT2D eigenvalue weighted by molar-refractivity contribution is 0.0889. The van der Waals surface area contributed by atoms with Crippen molar-refractivity contribution in [2.24, 2.45) is 5.92 Å². The maximum absolute atomic E-state index is 5.83. The van der Waals surface area contributed by atoms with Gasteiger partial charge >= 0.3 is 0 Å². The Morgan fingerprint density at radius 1 is 1.22 bits per heavy atom. The van der Waals surface area contributed by atoms with Crippen molar-refractivity contribution in [2.45, 2.75) is 39.7 Å². The molecule has 18 heavy (non-hydrogen) atoms. The van der Waals surface area contributed by atoms with E-state index in [1.54, 1.807) is 0 Å². The van der Waals surface area contributed by atoms with Gasteiger partial charge in [0.05, 0.1) is 6.61 Å². The van der Waals surface area contributed by atoms with Crippen molar-refractivity contribution >= 4 is 0 Å². The molecule has 2 nitrogen and oxygen atoms in total. The predicted octanol–water partition coefficient (Wildman–Crippen LogP) is 3.40. The molecule has 0 saturated carbocycles. The molecule has 0 aromatic heterocycles. The number of benzene rings is 1. The molecule has 0 aliphatic carbocycles. The van der Waals surface area contributed by atoms with Gasteiger partial charge in [-0.2, -0.15) is 0 Å². The standard InChI is InChI=1S/C16H27NO/c1-4-7-14(2)12-18-13-16-9-6-5-8-15(16)10-11-17-3/h5-6,8-9,14,17H,4,7,10-13H2,1-3H3. The summed E-state index contributed by atoms with van der Waals surface area (Å²) in [6, 6.07) is 8.58. The van der Waals surface area contributed by atoms with Crippen molar-refractivity contribution in [1.29, 1.82) is 0 Å². The summed E-state index contributed by atoms with van der Waals surface area (Å²) in [5.41, 5.74) is 2.73. The molecule has 2 heteroatoms. The van der Waals surface area contributed by atoms with Gasteiger partial charge in [-0.3, -0.25) is 0 Å². The van der Waals surface area contributed by atoms with Gasteiger partial charge in [-0.1, -0.05) is 44.5 Å². The summed E-state index contributed by atoms with van der Waals surface area (Å²) in [6.45, 7) is 7.12. The van der Waals surface area contributed by atoms with Crippen LogP contribution in [0, 0.1) is 5.92 Å². The van der Waals surface area contributed by atoms with Crippen LogP contribution in [0.1, 0.15) is 37.8 Å². The smallest absolute Gasteiger partial charge is 0.0719 e. The van der Waals surface area contributed by atoms with Gasteiger partial charge in [0.15, 0.2) is 0 Å². The lowest BCUT2D eigenvalue weighted by Crippen LogP contribution is -2.12. The largest absolute Gasteiger partial charge is 0.376 e. The maximum atomic E-state index is 5.83. The zero-order valence-electron chi connectivity index (χ0n) is 12.0. The Morgan fingerprint density at radius 2 is 1.94 bits per heavy atom. The van der Waals surface area contributed by atoms with Gasteiger partial charge in [-0.05, 0) is 43.5 Å². The van der Waals surface area contributed by atoms with Gasteiger partial charge in [0.25, 0.3) is 0 Å². The summed E-state index contributed by atoms with van der Waals surface area (Å²) in [7, 11) is 1.99. The van der Waals surface area contributed by atoms with E-state index in [-0.39, 0.29) is 0 Å². The SMILES string of the molecule is CCCC(C)COCc1ccccc1CCNC. The molecule has 0 aliphatic rings. The minimum atomic E-state index is 0.666. The minimum absolute atomic E-state index is 0.666. The van der Waals surface area contributed by atoms with Crippen LogP contribution >= 0.6 is 0 Å². The molecule has 0 radical (unpaired) electrons. The molecule has 102 valence electrons. The summed E-state index contributed by atoms with van der Waals surface area (Å²) >= 11 is 0. The predicted molar refractivity (Wildman–Crippen MR) is 77.8 cm³/mol. The van der Waals surface area contributed by atoms with E-state index in [1.165, 1.54) is 24.0 Å². The van der Waals surface area contributed by atoms with Crippen LogP contribution in [0.3, 0.4) is 0 Å². The van der Waals surface area contributed by atoms with Gasteiger partial charge in [-0.15, -0.1) is 0 Å². The average Bonchev–Trinajstić information content (AvgIpc) is 2.38. The topological polar surface area (TPSA) is 21.3 Å². The number of likely N-dealkylation sites (N-methyl/N-ethyl adjacent to an activating group) is 1. The molecule has 0 amide bonds. The maximum Gasteiger partial charge on any atom is 0.0719 e. The molecular weight excluding hydrogens is 222 g/mol. The third-order valence-corrected chi connectivity index (χ3v) is 3.20. The number of nitrogens with one attached hydrogen (secondary N) is 1. The van der Waals surface area contributed by atoms with Gasteiger partial charge in [0.2, 0.25) is 0 Å². The minimum Gasteiger partial charge on any atom is -0.376 e. The number of hydrogen-bond donors (Lipinski definition) is 1. The van der Waals surface area contributed by atoms with Crippen molar-refractivity contribution in [3.63, 3.8) is 0 Å². The molecule has 1 unspecified atom stereocenters. The fraction of sp³-hybridized carbons (Fsp3) is 0.625. The average molecular weight is 249 g/mol. The first-order valence-electron chi connectivity index (χ1n) is 7.07. The highest BCUT2D eigenvalue weighted by Crippen LogP contribution is 2.12. The fourth-order valence-corrected chi connectivity index (χ4v) is 2.15. The first-order chi connectivity index (χ1) is 8.77. The molecule has 0 fully saturated rings. The van der Waals surface area contributed by atoms with Crippen LogP contribution in [0.5, 0.6) is 0 Å². The Bertz CT molecular complexity index is 325. The van der Waals surface area contributed by atoms with Crippen molar-refractivity contribution in [2.75, 3.05) is 20.2 Å². The Kier molecular flexibility index (Phi) is 7.70. The highest BCUT2D eigenvalue weighted by atomic mass is 16.5. The molecule has 0 saturated heterocycles. The summed E-state index contributed by atoms with van der Waals surface area (Å²) in [4.78, 5) is 0. The third kappa shape index (κ3) is 5.65. The molecule has 1 aromatic carbocycles. The first-order valence-corrected chi connectivity index (χ1v) is 7.07. The van der Waals surface area contributed by atoms with Crippen LogP contribution < -0.4 is 5.32 Å². The Hall–Kier alpha value is -0.860. The molecule has 0 spiro atoms. The van der Waals surface area contributed by atoms with E-state index < -0.39 is 0 Å². The Labute approximate surface area is 112 Å². The van der Waals surface area contributed by atoms with Crippen LogP contribution in [0.15, 0.2) is 24.3 Å². The number of rotatable bonds is 9. The zero-order chi connectivity index (χ0) is 13.2. The second kappa shape index (κ2) is 9.12. The van der Waals surface area contributed by atoms with Gasteiger partial charge in [0, 0.05) is 6.61 Å². The third-order valence-electron chi connectivity index (χ3n) is 3.20. The van der Waals surface area contributed by atoms with Crippen LogP contribution in [-0.2, 0) is 17.8 Å². The number of ether oxygens (including phenoxy) is 1. The summed E-state index contributed by atoms with van der Waals surface area (Å²) < 4.78 is 5.83. The Morgan fingerprint density at radius 3 is 2.61 bits per heavy atom. The van der Waals surface area contributed by atoms with E-state index in [1.807, 2.05) is 7.05 Å². The summed E-state index contributed by atoms with van der Waals surface area (Å²) in [5, 5.41) is 3.19. The molecule has 0 bridgehead atoms. The van der Waals surface area contributed by atoms with Crippen molar-refractivity contribution in [1.82, 2.24) is 5.32 Å². The van der Waals surface area contributed by atoms with Crippen LogP contribution in [0.25, 0.3) is 0 Å². The fourth-order valence-electron chi connectivity index (χ4n) is 2.15. The van der Waals surface area contributed by atoms with Crippen molar-refractivity contribution in [3.8, 4) is 0 Å². The van der Waals surface area contributed by atoms with Crippen LogP contribution in [0.2, 0.25) is 0 Å². The molecule has 1 N–H and O–H groups in total. The van der Waals surface area contributed by atoms with E-state index >= 15 is 0 Å². The van der Waals surface area contributed by atoms with Crippen molar-refractivity contribution in [3.05, 3.63) is 35.4 Å². The monoisotopic (exact) mass is 249 g/mol. The normalized spacial score (nSPS) is 12.6. The highest BCUT2D eigenvalue weighted by Gasteiger charge is 2.04. The van der Waals surface area contributed by atoms with E-state index in [4.69, 9.17) is 4.74 Å². The first kappa shape index (κ1) is 15.2. The van der Waals surface area contributed by atoms with Gasteiger partial charge in [-0.25, -0.2) is 0 Å². The van der Waals surface area contributed by atoms with E-state index in [9.17, 15) is 0 Å². The van der Waals surface area contributed by atoms with E-state index in [2.05, 4.69) is 43.4 Å². The lowest BCUT2D eigenvalue weighted by atomic mass is 10.0. The second-order valence-corrected chi connectivity index (χ2v) is 5.03. The molecule has 0 aliphatic heterocycles. The number of hydrogen-bond acceptors (Lipinski definition) is 2. The van der Waals surface area contributed by atoms with Crippen molar-refractivity contribution < 1.29 is 4.74 Å². The molecule has 1 aromatic rings. The van der Waals surface area contributed by atoms with Gasteiger partial charge in [0.1, 0.15) is 0 Å². The van der Waals surface area contributed by atoms with E-state index in [0.29, 0.717) is 5.92 Å². The highest BCUT2D eigenvalue weighted by molar-refractivity contribution is 5.26. The lowest BCUT2D eigenvalue weighted by Gasteiger charge is -2.13. The molecular formula is C16H27NO. The second-order valence-electron chi connectivity index (χ2n) is 5.03. The van der Waals surface area contributed by atoms with Crippen LogP contribution in [-0.4, -0.2) is 20.2 Å². The quantitative estimate of drug-likeness (QED) is 0.724. The molecule has 1 rings (SSSR count). The van der Waals surface area contributed by atoms with Gasteiger partial charge < -0.3 is 10.1 Å². The molecule has 0 heterocycles. The molecule has 1 atom stereocenters. The summed E-state index contributed by atoms with van der Waals surface area (Å²) in [6.07, 6.45) is 3.56.